The van der Waals surface area contributed by atoms with Crippen molar-refractivity contribution in [2.24, 2.45) is 0 Å². The molecule has 5 heteroatoms. The molecule has 0 aliphatic carbocycles. The van der Waals surface area contributed by atoms with Gasteiger partial charge in [-0.15, -0.1) is 12.4 Å². The van der Waals surface area contributed by atoms with E-state index in [0.717, 1.165) is 26.2 Å². The first kappa shape index (κ1) is 14.6. The Hall–Kier alpha value is -1.42. The molecule has 1 fully saturated rings. The van der Waals surface area contributed by atoms with Crippen LogP contribution in [0.3, 0.4) is 0 Å². The summed E-state index contributed by atoms with van der Waals surface area (Å²) in [5.74, 6) is 0. The molecule has 0 spiro atoms. The van der Waals surface area contributed by atoms with Crippen molar-refractivity contribution in [3.63, 3.8) is 0 Å². The van der Waals surface area contributed by atoms with E-state index in [9.17, 15) is 4.79 Å². The van der Waals surface area contributed by atoms with Gasteiger partial charge in [0.2, 0.25) is 0 Å². The third-order valence-electron chi connectivity index (χ3n) is 3.05. The molecular formula is C13H20ClN3O. The molecule has 100 valence electrons. The van der Waals surface area contributed by atoms with Crippen LogP contribution in [0.2, 0.25) is 0 Å². The van der Waals surface area contributed by atoms with Crippen molar-refractivity contribution in [1.29, 1.82) is 0 Å². The fourth-order valence-corrected chi connectivity index (χ4v) is 2.08. The Kier molecular flexibility index (Phi) is 5.28. The van der Waals surface area contributed by atoms with Crippen molar-refractivity contribution in [1.82, 2.24) is 9.80 Å². The van der Waals surface area contributed by atoms with Crippen LogP contribution in [0.5, 0.6) is 0 Å². The number of anilines is 1. The molecule has 0 radical (unpaired) electrons. The summed E-state index contributed by atoms with van der Waals surface area (Å²) in [6, 6.07) is 10.5. The Morgan fingerprint density at radius 3 is 2.11 bits per heavy atom. The Morgan fingerprint density at radius 2 is 1.61 bits per heavy atom. The number of nitrogens with zero attached hydrogens (tertiary/aromatic N) is 3. The van der Waals surface area contributed by atoms with Crippen LogP contribution in [0.1, 0.15) is 0 Å². The van der Waals surface area contributed by atoms with E-state index >= 15 is 0 Å². The van der Waals surface area contributed by atoms with Gasteiger partial charge in [0.05, 0.1) is 0 Å². The zero-order valence-electron chi connectivity index (χ0n) is 10.9. The molecule has 4 nitrogen and oxygen atoms in total. The number of benzene rings is 1. The zero-order chi connectivity index (χ0) is 12.3. The highest BCUT2D eigenvalue weighted by molar-refractivity contribution is 5.85. The first-order chi connectivity index (χ1) is 8.18. The van der Waals surface area contributed by atoms with Crippen LogP contribution in [-0.4, -0.2) is 56.1 Å². The van der Waals surface area contributed by atoms with Gasteiger partial charge < -0.3 is 14.7 Å². The Morgan fingerprint density at radius 1 is 1.06 bits per heavy atom. The largest absolute Gasteiger partial charge is 0.368 e. The Bertz CT molecular complexity index is 375. The number of piperazine rings is 1. The van der Waals surface area contributed by atoms with Gasteiger partial charge in [-0.25, -0.2) is 4.79 Å². The number of halogens is 1. The minimum absolute atomic E-state index is 0. The minimum atomic E-state index is 0. The van der Waals surface area contributed by atoms with Crippen LogP contribution in [-0.2, 0) is 0 Å². The second-order valence-electron chi connectivity index (χ2n) is 4.49. The molecule has 0 atom stereocenters. The van der Waals surface area contributed by atoms with Gasteiger partial charge in [0.25, 0.3) is 0 Å². The van der Waals surface area contributed by atoms with Crippen LogP contribution in [0.25, 0.3) is 0 Å². The average molecular weight is 270 g/mol. The molecule has 0 unspecified atom stereocenters. The van der Waals surface area contributed by atoms with Gasteiger partial charge in [0, 0.05) is 46.0 Å². The maximum absolute atomic E-state index is 11.8. The lowest BCUT2D eigenvalue weighted by Crippen LogP contribution is -2.51. The molecule has 0 bridgehead atoms. The van der Waals surface area contributed by atoms with Crippen molar-refractivity contribution >= 4 is 24.1 Å². The predicted octanol–water partition coefficient (Wildman–Crippen LogP) is 1.91. The minimum Gasteiger partial charge on any atom is -0.368 e. The van der Waals surface area contributed by atoms with Crippen LogP contribution >= 0.6 is 12.4 Å². The normalized spacial score (nSPS) is 15.0. The van der Waals surface area contributed by atoms with E-state index in [1.165, 1.54) is 5.69 Å². The molecule has 1 aromatic carbocycles. The van der Waals surface area contributed by atoms with Gasteiger partial charge in [-0.05, 0) is 12.1 Å². The molecule has 1 aliphatic heterocycles. The maximum Gasteiger partial charge on any atom is 0.319 e. The highest BCUT2D eigenvalue weighted by Gasteiger charge is 2.21. The quantitative estimate of drug-likeness (QED) is 0.779. The second-order valence-corrected chi connectivity index (χ2v) is 4.49. The summed E-state index contributed by atoms with van der Waals surface area (Å²) in [5.41, 5.74) is 1.24. The van der Waals surface area contributed by atoms with Crippen molar-refractivity contribution in [2.75, 3.05) is 45.2 Å². The number of hydrogen-bond donors (Lipinski definition) is 0. The number of rotatable bonds is 1. The van der Waals surface area contributed by atoms with Gasteiger partial charge in [-0.1, -0.05) is 18.2 Å². The number of para-hydroxylation sites is 1. The Balaban J connectivity index is 0.00000162. The van der Waals surface area contributed by atoms with Crippen molar-refractivity contribution in [2.45, 2.75) is 0 Å². The summed E-state index contributed by atoms with van der Waals surface area (Å²) >= 11 is 0. The third kappa shape index (κ3) is 3.29. The molecule has 2 amide bonds. The second kappa shape index (κ2) is 6.50. The lowest BCUT2D eigenvalue weighted by Gasteiger charge is -2.37. The van der Waals surface area contributed by atoms with Gasteiger partial charge in [0.15, 0.2) is 0 Å². The lowest BCUT2D eigenvalue weighted by molar-refractivity contribution is 0.168. The summed E-state index contributed by atoms with van der Waals surface area (Å²) in [6.07, 6.45) is 0. The summed E-state index contributed by atoms with van der Waals surface area (Å²) < 4.78 is 0. The highest BCUT2D eigenvalue weighted by Crippen LogP contribution is 2.15. The number of carbonyl (C=O) groups is 1. The fourth-order valence-electron chi connectivity index (χ4n) is 2.08. The number of hydrogen-bond acceptors (Lipinski definition) is 2. The van der Waals surface area contributed by atoms with Crippen molar-refractivity contribution in [3.05, 3.63) is 30.3 Å². The van der Waals surface area contributed by atoms with E-state index in [2.05, 4.69) is 17.0 Å². The van der Waals surface area contributed by atoms with Crippen molar-refractivity contribution < 1.29 is 4.79 Å². The third-order valence-corrected chi connectivity index (χ3v) is 3.05. The maximum atomic E-state index is 11.8. The molecule has 0 N–H and O–H groups in total. The molecule has 0 saturated carbocycles. The van der Waals surface area contributed by atoms with E-state index in [-0.39, 0.29) is 18.4 Å². The average Bonchev–Trinajstić information content (AvgIpc) is 2.39. The van der Waals surface area contributed by atoms with Gasteiger partial charge in [-0.3, -0.25) is 0 Å². The molecule has 1 saturated heterocycles. The predicted molar refractivity (Wildman–Crippen MR) is 76.6 cm³/mol. The van der Waals surface area contributed by atoms with E-state index in [0.29, 0.717) is 0 Å². The zero-order valence-corrected chi connectivity index (χ0v) is 11.7. The molecular weight excluding hydrogens is 250 g/mol. The Labute approximate surface area is 115 Å². The first-order valence-corrected chi connectivity index (χ1v) is 5.94. The standard InChI is InChI=1S/C13H19N3O.ClH/c1-14(2)13(17)16-10-8-15(9-11-16)12-6-4-3-5-7-12;/h3-7H,8-11H2,1-2H3;1H. The number of urea groups is 1. The monoisotopic (exact) mass is 269 g/mol. The summed E-state index contributed by atoms with van der Waals surface area (Å²) in [5, 5.41) is 0. The summed E-state index contributed by atoms with van der Waals surface area (Å²) in [7, 11) is 3.60. The molecule has 0 aromatic heterocycles. The number of carbonyl (C=O) groups excluding carboxylic acids is 1. The highest BCUT2D eigenvalue weighted by atomic mass is 35.5. The van der Waals surface area contributed by atoms with Crippen LogP contribution in [0.15, 0.2) is 30.3 Å². The topological polar surface area (TPSA) is 26.8 Å². The molecule has 18 heavy (non-hydrogen) atoms. The van der Waals surface area contributed by atoms with E-state index < -0.39 is 0 Å². The van der Waals surface area contributed by atoms with Gasteiger partial charge in [-0.2, -0.15) is 0 Å². The van der Waals surface area contributed by atoms with E-state index in [1.54, 1.807) is 19.0 Å². The fraction of sp³-hybridized carbons (Fsp3) is 0.462. The van der Waals surface area contributed by atoms with Gasteiger partial charge in [0.1, 0.15) is 0 Å². The SMILES string of the molecule is CN(C)C(=O)N1CCN(c2ccccc2)CC1.Cl. The van der Waals surface area contributed by atoms with E-state index in [4.69, 9.17) is 0 Å². The summed E-state index contributed by atoms with van der Waals surface area (Å²) in [4.78, 5) is 17.6. The summed E-state index contributed by atoms with van der Waals surface area (Å²) in [6.45, 7) is 3.41. The van der Waals surface area contributed by atoms with Crippen molar-refractivity contribution in [3.8, 4) is 0 Å². The first-order valence-electron chi connectivity index (χ1n) is 5.94. The molecule has 1 aliphatic rings. The lowest BCUT2D eigenvalue weighted by atomic mass is 10.2. The molecule has 2 rings (SSSR count). The van der Waals surface area contributed by atoms with Crippen LogP contribution in [0, 0.1) is 0 Å². The van der Waals surface area contributed by atoms with Gasteiger partial charge >= 0.3 is 6.03 Å². The smallest absolute Gasteiger partial charge is 0.319 e. The van der Waals surface area contributed by atoms with Crippen LogP contribution < -0.4 is 4.90 Å². The molecule has 1 aromatic rings. The number of amides is 2. The van der Waals surface area contributed by atoms with Crippen LogP contribution in [0.4, 0.5) is 10.5 Å². The molecule has 1 heterocycles. The van der Waals surface area contributed by atoms with E-state index in [1.807, 2.05) is 23.1 Å².